The van der Waals surface area contributed by atoms with Crippen LogP contribution in [0.1, 0.15) is 0 Å². The molecule has 1 fully saturated rings. The Bertz CT molecular complexity index is 118. The molecule has 0 spiro atoms. The number of cyclic esters (lactones) is 1. The van der Waals surface area contributed by atoms with Crippen LogP contribution in [-0.4, -0.2) is 39.3 Å². The first-order valence-corrected chi connectivity index (χ1v) is 2.62. The number of ether oxygens (including phenoxy) is 1. The highest BCUT2D eigenvalue weighted by Crippen LogP contribution is 2.03. The van der Waals surface area contributed by atoms with E-state index in [1.54, 1.807) is 12.8 Å². The lowest BCUT2D eigenvalue weighted by molar-refractivity contribution is 0.161. The van der Waals surface area contributed by atoms with E-state index in [0.717, 1.165) is 6.54 Å². The van der Waals surface area contributed by atoms with E-state index in [-0.39, 0.29) is 12.1 Å². The normalized spacial score (nSPS) is 28.2. The molecular weight excluding hydrogens is 104 g/mol. The van der Waals surface area contributed by atoms with Gasteiger partial charge in [-0.15, -0.1) is 0 Å². The first kappa shape index (κ1) is 5.54. The summed E-state index contributed by atoms with van der Waals surface area (Å²) in [6.07, 6.45) is -0.211. The highest BCUT2D eigenvalue weighted by molar-refractivity contribution is 6.18. The Labute approximate surface area is 49.8 Å². The van der Waals surface area contributed by atoms with Crippen LogP contribution in [0, 0.1) is 0 Å². The molecular formula is C3H7B2NO2. The van der Waals surface area contributed by atoms with Gasteiger partial charge in [-0.25, -0.2) is 4.79 Å². The maximum absolute atomic E-state index is 10.5. The molecule has 1 aliphatic rings. The van der Waals surface area contributed by atoms with Crippen LogP contribution in [0.25, 0.3) is 0 Å². The topological polar surface area (TPSA) is 29.5 Å². The molecule has 8 heavy (non-hydrogen) atoms. The van der Waals surface area contributed by atoms with E-state index in [0.29, 0.717) is 0 Å². The van der Waals surface area contributed by atoms with Crippen LogP contribution in [0.3, 0.4) is 0 Å². The third-order valence-corrected chi connectivity index (χ3v) is 1.14. The number of hydrogen-bond donors (Lipinski definition) is 0. The number of rotatable bonds is 0. The van der Waals surface area contributed by atoms with Crippen LogP contribution >= 0.6 is 0 Å². The summed E-state index contributed by atoms with van der Waals surface area (Å²) >= 11 is 0. The number of carbonyl (C=O) groups excluding carboxylic acids is 1. The van der Waals surface area contributed by atoms with E-state index in [9.17, 15) is 4.79 Å². The Hall–Kier alpha value is -0.600. The molecule has 3 nitrogen and oxygen atoms in total. The average molecular weight is 111 g/mol. The van der Waals surface area contributed by atoms with Crippen LogP contribution in [0.5, 0.6) is 0 Å². The summed E-state index contributed by atoms with van der Waals surface area (Å²) in [5.74, 6) is 0. The molecule has 1 amide bonds. The molecule has 1 atom stereocenters. The molecule has 0 aromatic rings. The molecule has 1 heterocycles. The number of nitrogens with zero attached hydrogens (tertiary/aromatic N) is 1. The molecule has 1 saturated heterocycles. The zero-order chi connectivity index (χ0) is 6.15. The van der Waals surface area contributed by atoms with E-state index in [1.165, 1.54) is 0 Å². The van der Waals surface area contributed by atoms with Crippen molar-refractivity contribution in [3.05, 3.63) is 0 Å². The van der Waals surface area contributed by atoms with Crippen LogP contribution in [0.4, 0.5) is 4.79 Å². The fraction of sp³-hybridized carbons (Fsp3) is 0.667. The fourth-order valence-corrected chi connectivity index (χ4v) is 0.760. The van der Waals surface area contributed by atoms with Gasteiger partial charge in [0.2, 0.25) is 7.98 Å². The number of amides is 1. The molecule has 0 aromatic heterocycles. The standard InChI is InChI=1S/C3H7B2NO2/c4-2-1-6(5)3(7)8-2/h2H,1,4-5H2. The van der Waals surface area contributed by atoms with Crippen molar-refractivity contribution in [2.45, 2.75) is 6.00 Å². The molecule has 0 aromatic carbocycles. The van der Waals surface area contributed by atoms with Crippen LogP contribution in [0.15, 0.2) is 0 Å². The molecule has 1 unspecified atom stereocenters. The van der Waals surface area contributed by atoms with Crippen molar-refractivity contribution in [3.63, 3.8) is 0 Å². The third kappa shape index (κ3) is 0.804. The maximum Gasteiger partial charge on any atom is 0.396 e. The predicted molar refractivity (Wildman–Crippen MR) is 34.1 cm³/mol. The van der Waals surface area contributed by atoms with Crippen LogP contribution < -0.4 is 0 Å². The minimum absolute atomic E-state index is 0.0764. The Morgan fingerprint density at radius 2 is 2.50 bits per heavy atom. The van der Waals surface area contributed by atoms with Crippen molar-refractivity contribution < 1.29 is 9.53 Å². The van der Waals surface area contributed by atoms with Gasteiger partial charge in [0.05, 0.1) is 6.00 Å². The van der Waals surface area contributed by atoms with Crippen molar-refractivity contribution >= 4 is 21.9 Å². The number of hydrogen-bond acceptors (Lipinski definition) is 2. The Kier molecular flexibility index (Phi) is 1.19. The smallest absolute Gasteiger partial charge is 0.396 e. The second-order valence-electron chi connectivity index (χ2n) is 2.07. The zero-order valence-corrected chi connectivity index (χ0v) is 5.05. The molecule has 0 aliphatic carbocycles. The van der Waals surface area contributed by atoms with Crippen molar-refractivity contribution in [2.75, 3.05) is 6.54 Å². The monoisotopic (exact) mass is 111 g/mol. The van der Waals surface area contributed by atoms with Crippen molar-refractivity contribution in [1.82, 2.24) is 4.81 Å². The third-order valence-electron chi connectivity index (χ3n) is 1.14. The summed E-state index contributed by atoms with van der Waals surface area (Å²) in [4.78, 5) is 12.0. The molecule has 0 radical (unpaired) electrons. The van der Waals surface area contributed by atoms with Crippen molar-refractivity contribution in [2.24, 2.45) is 0 Å². The van der Waals surface area contributed by atoms with Crippen LogP contribution in [0.2, 0.25) is 0 Å². The number of carbonyl (C=O) groups is 1. The average Bonchev–Trinajstić information content (AvgIpc) is 1.85. The van der Waals surface area contributed by atoms with E-state index in [2.05, 4.69) is 0 Å². The zero-order valence-electron chi connectivity index (χ0n) is 5.05. The second-order valence-corrected chi connectivity index (χ2v) is 2.07. The predicted octanol–water partition coefficient (Wildman–Crippen LogP) is -2.05. The van der Waals surface area contributed by atoms with E-state index in [4.69, 9.17) is 4.74 Å². The minimum atomic E-state index is -0.211. The molecule has 0 bridgehead atoms. The van der Waals surface area contributed by atoms with Gasteiger partial charge in [-0.1, -0.05) is 0 Å². The summed E-state index contributed by atoms with van der Waals surface area (Å²) in [7, 11) is 3.60. The molecule has 0 saturated carbocycles. The summed E-state index contributed by atoms with van der Waals surface area (Å²) in [6, 6.07) is 0.0764. The molecule has 1 aliphatic heterocycles. The first-order valence-electron chi connectivity index (χ1n) is 2.62. The molecule has 5 heteroatoms. The summed E-state index contributed by atoms with van der Waals surface area (Å²) in [5, 5.41) is 0. The van der Waals surface area contributed by atoms with E-state index in [1.807, 2.05) is 7.85 Å². The highest BCUT2D eigenvalue weighted by Gasteiger charge is 2.22. The summed E-state index contributed by atoms with van der Waals surface area (Å²) in [5.41, 5.74) is 0. The van der Waals surface area contributed by atoms with Gasteiger partial charge in [-0.2, -0.15) is 0 Å². The van der Waals surface area contributed by atoms with Gasteiger partial charge < -0.3 is 9.55 Å². The summed E-state index contributed by atoms with van der Waals surface area (Å²) in [6.45, 7) is 0.721. The first-order chi connectivity index (χ1) is 3.70. The fourth-order valence-electron chi connectivity index (χ4n) is 0.760. The van der Waals surface area contributed by atoms with Gasteiger partial charge in [0, 0.05) is 6.54 Å². The lowest BCUT2D eigenvalue weighted by Gasteiger charge is -1.99. The van der Waals surface area contributed by atoms with Gasteiger partial charge in [-0.05, 0) is 0 Å². The minimum Gasteiger partial charge on any atom is -0.455 e. The van der Waals surface area contributed by atoms with Crippen molar-refractivity contribution in [1.29, 1.82) is 0 Å². The lowest BCUT2D eigenvalue weighted by Crippen LogP contribution is -2.21. The SMILES string of the molecule is BC1CN(B)C(=O)O1. The van der Waals surface area contributed by atoms with Gasteiger partial charge in [0.25, 0.3) is 0 Å². The molecule has 0 N–H and O–H groups in total. The van der Waals surface area contributed by atoms with Gasteiger partial charge >= 0.3 is 6.09 Å². The van der Waals surface area contributed by atoms with Gasteiger partial charge in [0.1, 0.15) is 0 Å². The molecule has 1 rings (SSSR count). The molecule has 42 valence electrons. The van der Waals surface area contributed by atoms with E-state index < -0.39 is 0 Å². The quantitative estimate of drug-likeness (QED) is 0.336. The largest absolute Gasteiger partial charge is 0.455 e. The second kappa shape index (κ2) is 1.73. The van der Waals surface area contributed by atoms with Gasteiger partial charge in [0.15, 0.2) is 7.85 Å². The Morgan fingerprint density at radius 3 is 2.62 bits per heavy atom. The Balaban J connectivity index is 2.51. The highest BCUT2D eigenvalue weighted by atomic mass is 16.6. The maximum atomic E-state index is 10.5. The van der Waals surface area contributed by atoms with Crippen LogP contribution in [-0.2, 0) is 4.74 Å². The van der Waals surface area contributed by atoms with E-state index >= 15 is 0 Å². The van der Waals surface area contributed by atoms with Gasteiger partial charge in [-0.3, -0.25) is 0 Å². The Morgan fingerprint density at radius 1 is 1.88 bits per heavy atom. The summed E-state index contributed by atoms with van der Waals surface area (Å²) < 4.78 is 4.76. The lowest BCUT2D eigenvalue weighted by atomic mass is 10.0. The van der Waals surface area contributed by atoms with Crippen molar-refractivity contribution in [3.8, 4) is 0 Å².